The quantitative estimate of drug-likeness (QED) is 0.603. The lowest BCUT2D eigenvalue weighted by Gasteiger charge is -2.10. The van der Waals surface area contributed by atoms with Crippen LogP contribution < -0.4 is 19.5 Å². The third kappa shape index (κ3) is 5.51. The van der Waals surface area contributed by atoms with Gasteiger partial charge in [-0.05, 0) is 48.5 Å². The summed E-state index contributed by atoms with van der Waals surface area (Å²) in [6.07, 6.45) is 0. The lowest BCUT2D eigenvalue weighted by molar-refractivity contribution is 0.102. The van der Waals surface area contributed by atoms with Crippen LogP contribution in [0.3, 0.4) is 0 Å². The summed E-state index contributed by atoms with van der Waals surface area (Å²) in [5, 5.41) is 2.86. The van der Waals surface area contributed by atoms with Crippen LogP contribution in [-0.4, -0.2) is 26.2 Å². The molecule has 0 heterocycles. The van der Waals surface area contributed by atoms with Gasteiger partial charge < -0.3 is 19.5 Å². The van der Waals surface area contributed by atoms with Crippen LogP contribution in [0.4, 0.5) is 5.69 Å². The van der Waals surface area contributed by atoms with Crippen molar-refractivity contribution in [2.24, 2.45) is 0 Å². The van der Waals surface area contributed by atoms with Crippen LogP contribution in [-0.2, 0) is 0 Å². The summed E-state index contributed by atoms with van der Waals surface area (Å²) in [5.74, 6) is 1.99. The van der Waals surface area contributed by atoms with E-state index in [-0.39, 0.29) is 5.91 Å². The third-order valence-electron chi connectivity index (χ3n) is 3.81. The average molecular weight is 363 g/mol. The standard InChI is InChI=1S/C22H21NO4/c1-25-19-12-10-17(11-13-19)22(24)23-18-6-5-9-21(16-18)27-15-14-26-20-7-3-2-4-8-20/h2-13,16H,14-15H2,1H3,(H,23,24). The number of benzene rings is 3. The Morgan fingerprint density at radius 2 is 1.44 bits per heavy atom. The molecule has 0 unspecified atom stereocenters. The molecule has 0 atom stereocenters. The van der Waals surface area contributed by atoms with Gasteiger partial charge in [-0.25, -0.2) is 0 Å². The minimum absolute atomic E-state index is 0.192. The van der Waals surface area contributed by atoms with E-state index in [0.29, 0.717) is 36.0 Å². The van der Waals surface area contributed by atoms with Crippen LogP contribution >= 0.6 is 0 Å². The third-order valence-corrected chi connectivity index (χ3v) is 3.81. The van der Waals surface area contributed by atoms with Crippen molar-refractivity contribution in [3.63, 3.8) is 0 Å². The smallest absolute Gasteiger partial charge is 0.255 e. The summed E-state index contributed by atoms with van der Waals surface area (Å²) in [4.78, 5) is 12.3. The maximum absolute atomic E-state index is 12.3. The molecule has 0 aliphatic carbocycles. The Hall–Kier alpha value is -3.47. The van der Waals surface area contributed by atoms with Crippen LogP contribution in [0.2, 0.25) is 0 Å². The molecule has 0 spiro atoms. The second-order valence-electron chi connectivity index (χ2n) is 5.72. The molecular formula is C22H21NO4. The molecule has 3 aromatic carbocycles. The number of ether oxygens (including phenoxy) is 3. The molecule has 0 fully saturated rings. The zero-order valence-corrected chi connectivity index (χ0v) is 15.1. The first-order chi connectivity index (χ1) is 13.2. The van der Waals surface area contributed by atoms with Crippen LogP contribution in [0, 0.1) is 0 Å². The molecule has 138 valence electrons. The van der Waals surface area contributed by atoms with Crippen LogP contribution in [0.15, 0.2) is 78.9 Å². The summed E-state index contributed by atoms with van der Waals surface area (Å²) < 4.78 is 16.4. The maximum atomic E-state index is 12.3. The molecule has 0 aliphatic rings. The number of hydrogen-bond acceptors (Lipinski definition) is 4. The number of rotatable bonds is 8. The number of anilines is 1. The fraction of sp³-hybridized carbons (Fsp3) is 0.136. The van der Waals surface area contributed by atoms with Gasteiger partial charge in [-0.15, -0.1) is 0 Å². The molecule has 1 amide bonds. The highest BCUT2D eigenvalue weighted by Gasteiger charge is 2.07. The number of nitrogens with one attached hydrogen (secondary N) is 1. The highest BCUT2D eigenvalue weighted by Crippen LogP contribution is 2.19. The van der Waals surface area contributed by atoms with Crippen molar-refractivity contribution in [3.8, 4) is 17.2 Å². The van der Waals surface area contributed by atoms with E-state index in [1.165, 1.54) is 0 Å². The Morgan fingerprint density at radius 1 is 0.778 bits per heavy atom. The van der Waals surface area contributed by atoms with E-state index >= 15 is 0 Å². The van der Waals surface area contributed by atoms with E-state index in [0.717, 1.165) is 5.75 Å². The topological polar surface area (TPSA) is 56.8 Å². The van der Waals surface area contributed by atoms with E-state index in [4.69, 9.17) is 14.2 Å². The maximum Gasteiger partial charge on any atom is 0.255 e. The highest BCUT2D eigenvalue weighted by atomic mass is 16.5. The Bertz CT molecular complexity index is 863. The van der Waals surface area contributed by atoms with Gasteiger partial charge in [0.2, 0.25) is 0 Å². The van der Waals surface area contributed by atoms with Gasteiger partial charge in [0.15, 0.2) is 0 Å². The van der Waals surface area contributed by atoms with Crippen LogP contribution in [0.5, 0.6) is 17.2 Å². The number of carbonyl (C=O) groups excluding carboxylic acids is 1. The van der Waals surface area contributed by atoms with E-state index in [1.807, 2.05) is 48.5 Å². The van der Waals surface area contributed by atoms with Crippen molar-refractivity contribution in [2.45, 2.75) is 0 Å². The summed E-state index contributed by atoms with van der Waals surface area (Å²) in [7, 11) is 1.59. The van der Waals surface area contributed by atoms with Crippen LogP contribution in [0.25, 0.3) is 0 Å². The van der Waals surface area contributed by atoms with Gasteiger partial charge in [0, 0.05) is 17.3 Å². The Morgan fingerprint density at radius 3 is 2.15 bits per heavy atom. The average Bonchev–Trinajstić information content (AvgIpc) is 2.72. The number of amides is 1. The van der Waals surface area contributed by atoms with Crippen LogP contribution in [0.1, 0.15) is 10.4 Å². The second-order valence-corrected chi connectivity index (χ2v) is 5.72. The highest BCUT2D eigenvalue weighted by molar-refractivity contribution is 6.04. The predicted molar refractivity (Wildman–Crippen MR) is 105 cm³/mol. The molecule has 0 aliphatic heterocycles. The first kappa shape index (κ1) is 18.3. The van der Waals surface area contributed by atoms with Gasteiger partial charge in [-0.2, -0.15) is 0 Å². The molecule has 3 rings (SSSR count). The number of hydrogen-bond donors (Lipinski definition) is 1. The van der Waals surface area contributed by atoms with E-state index < -0.39 is 0 Å². The molecule has 5 nitrogen and oxygen atoms in total. The lowest BCUT2D eigenvalue weighted by Crippen LogP contribution is -2.12. The molecule has 0 aromatic heterocycles. The van der Waals surface area contributed by atoms with Crippen molar-refractivity contribution in [2.75, 3.05) is 25.6 Å². The van der Waals surface area contributed by atoms with Crippen molar-refractivity contribution in [1.29, 1.82) is 0 Å². The molecule has 5 heteroatoms. The summed E-state index contributed by atoms with van der Waals surface area (Å²) >= 11 is 0. The van der Waals surface area contributed by atoms with Gasteiger partial charge in [0.1, 0.15) is 30.5 Å². The van der Waals surface area contributed by atoms with Gasteiger partial charge in [-0.3, -0.25) is 4.79 Å². The Kier molecular flexibility index (Phi) is 6.30. The predicted octanol–water partition coefficient (Wildman–Crippen LogP) is 4.41. The molecule has 0 saturated carbocycles. The SMILES string of the molecule is COc1ccc(C(=O)Nc2cccc(OCCOc3ccccc3)c2)cc1. The first-order valence-corrected chi connectivity index (χ1v) is 8.61. The fourth-order valence-corrected chi connectivity index (χ4v) is 2.45. The zero-order valence-electron chi connectivity index (χ0n) is 15.1. The lowest BCUT2D eigenvalue weighted by atomic mass is 10.2. The van der Waals surface area contributed by atoms with E-state index in [1.54, 1.807) is 37.4 Å². The minimum Gasteiger partial charge on any atom is -0.497 e. The normalized spacial score (nSPS) is 10.1. The Labute approximate surface area is 158 Å². The van der Waals surface area contributed by atoms with Gasteiger partial charge in [0.25, 0.3) is 5.91 Å². The second kappa shape index (κ2) is 9.29. The van der Waals surface area contributed by atoms with Gasteiger partial charge in [-0.1, -0.05) is 24.3 Å². The van der Waals surface area contributed by atoms with E-state index in [9.17, 15) is 4.79 Å². The van der Waals surface area contributed by atoms with Crippen molar-refractivity contribution in [1.82, 2.24) is 0 Å². The monoisotopic (exact) mass is 363 g/mol. The summed E-state index contributed by atoms with van der Waals surface area (Å²) in [5.41, 5.74) is 1.22. The number of para-hydroxylation sites is 1. The molecule has 3 aromatic rings. The van der Waals surface area contributed by atoms with E-state index in [2.05, 4.69) is 5.32 Å². The van der Waals surface area contributed by atoms with Gasteiger partial charge >= 0.3 is 0 Å². The van der Waals surface area contributed by atoms with Crippen molar-refractivity contribution in [3.05, 3.63) is 84.4 Å². The first-order valence-electron chi connectivity index (χ1n) is 8.61. The van der Waals surface area contributed by atoms with Gasteiger partial charge in [0.05, 0.1) is 7.11 Å². The molecule has 27 heavy (non-hydrogen) atoms. The minimum atomic E-state index is -0.192. The molecule has 0 radical (unpaired) electrons. The van der Waals surface area contributed by atoms with Crippen molar-refractivity contribution < 1.29 is 19.0 Å². The molecule has 0 bridgehead atoms. The van der Waals surface area contributed by atoms with Crippen molar-refractivity contribution >= 4 is 11.6 Å². The molecular weight excluding hydrogens is 342 g/mol. The summed E-state index contributed by atoms with van der Waals surface area (Å²) in [6.45, 7) is 0.844. The fourth-order valence-electron chi connectivity index (χ4n) is 2.45. The largest absolute Gasteiger partial charge is 0.497 e. The molecule has 1 N–H and O–H groups in total. The molecule has 0 saturated heterocycles. The zero-order chi connectivity index (χ0) is 18.9. The number of carbonyl (C=O) groups is 1. The Balaban J connectivity index is 1.51. The summed E-state index contributed by atoms with van der Waals surface area (Å²) in [6, 6.07) is 23.8. The number of methoxy groups -OCH3 is 1.